The van der Waals surface area contributed by atoms with Crippen LogP contribution in [-0.2, 0) is 4.74 Å². The molecule has 0 bridgehead atoms. The van der Waals surface area contributed by atoms with Crippen LogP contribution in [0.15, 0.2) is 53.7 Å². The second kappa shape index (κ2) is 15.2. The fraction of sp³-hybridized carbons (Fsp3) is 0.360. The minimum Gasteiger partial charge on any atom is -0.489 e. The van der Waals surface area contributed by atoms with E-state index in [1.54, 1.807) is 47.8 Å². The van der Waals surface area contributed by atoms with Crippen molar-refractivity contribution < 1.29 is 19.1 Å². The Hall–Kier alpha value is -2.53. The normalized spacial score (nSPS) is 10.7. The van der Waals surface area contributed by atoms with Crippen molar-refractivity contribution >= 4 is 68.7 Å². The summed E-state index contributed by atoms with van der Waals surface area (Å²) in [5.74, 6) is 0.830. The molecule has 206 valence electrons. The van der Waals surface area contributed by atoms with Crippen LogP contribution in [0.25, 0.3) is 0 Å². The molecule has 0 radical (unpaired) electrons. The van der Waals surface area contributed by atoms with E-state index in [1.807, 2.05) is 27.7 Å². The molecule has 0 aliphatic heterocycles. The molecule has 38 heavy (non-hydrogen) atoms. The van der Waals surface area contributed by atoms with E-state index < -0.39 is 11.7 Å². The molecule has 0 atom stereocenters. The predicted octanol–water partition coefficient (Wildman–Crippen LogP) is 7.79. The molecular weight excluding hydrogens is 621 g/mol. The molecule has 0 spiro atoms. The first kappa shape index (κ1) is 31.7. The maximum Gasteiger partial charge on any atom is 0.413 e. The number of carbonyl (C=O) groups excluding carboxylic acids is 2. The number of benzene rings is 1. The summed E-state index contributed by atoms with van der Waals surface area (Å²) in [6, 6.07) is 6.45. The summed E-state index contributed by atoms with van der Waals surface area (Å²) in [4.78, 5) is 33.2. The highest BCUT2D eigenvalue weighted by Crippen LogP contribution is 2.35. The number of carbonyl (C=O) groups is 2. The highest BCUT2D eigenvalue weighted by Gasteiger charge is 2.17. The number of pyridine rings is 1. The Kier molecular flexibility index (Phi) is 12.6. The van der Waals surface area contributed by atoms with Crippen LogP contribution >= 0.6 is 50.7 Å². The zero-order valence-corrected chi connectivity index (χ0v) is 25.2. The van der Waals surface area contributed by atoms with E-state index in [0.717, 1.165) is 10.9 Å². The Balaban J connectivity index is 0.000000293. The molecule has 9 nitrogen and oxygen atoms in total. The van der Waals surface area contributed by atoms with Crippen molar-refractivity contribution in [1.82, 2.24) is 19.4 Å². The van der Waals surface area contributed by atoms with Gasteiger partial charge in [-0.25, -0.2) is 19.6 Å². The number of rotatable bonds is 7. The zero-order chi connectivity index (χ0) is 28.3. The van der Waals surface area contributed by atoms with Crippen molar-refractivity contribution in [3.05, 3.63) is 68.7 Å². The summed E-state index contributed by atoms with van der Waals surface area (Å²) < 4.78 is 13.0. The van der Waals surface area contributed by atoms with E-state index in [4.69, 9.17) is 44.3 Å². The third-order valence-corrected chi connectivity index (χ3v) is 5.67. The van der Waals surface area contributed by atoms with Gasteiger partial charge < -0.3 is 14.4 Å². The maximum absolute atomic E-state index is 12.3. The number of aromatic nitrogens is 3. The molecule has 0 fully saturated rings. The molecule has 3 aromatic rings. The first-order valence-corrected chi connectivity index (χ1v) is 13.5. The van der Waals surface area contributed by atoms with E-state index >= 15 is 0 Å². The SMILES string of the molecule is CC(C)(C)OC(=O)Nc1ccc(Br)cn1.CCCN(CCOc1c(Cl)cc(Cl)cc1Cl)C(=O)n1ccnc1. The Bertz CT molecular complexity index is 1170. The zero-order valence-electron chi connectivity index (χ0n) is 21.4. The van der Waals surface area contributed by atoms with E-state index in [9.17, 15) is 9.59 Å². The predicted molar refractivity (Wildman–Crippen MR) is 154 cm³/mol. The highest BCUT2D eigenvalue weighted by molar-refractivity contribution is 9.10. The van der Waals surface area contributed by atoms with Crippen LogP contribution in [0.4, 0.5) is 15.4 Å². The van der Waals surface area contributed by atoms with Crippen molar-refractivity contribution in [3.8, 4) is 5.75 Å². The summed E-state index contributed by atoms with van der Waals surface area (Å²) in [6.07, 6.45) is 6.58. The molecule has 0 aliphatic rings. The number of halogens is 4. The number of anilines is 1. The van der Waals surface area contributed by atoms with Crippen molar-refractivity contribution in [2.24, 2.45) is 0 Å². The van der Waals surface area contributed by atoms with Crippen LogP contribution < -0.4 is 10.1 Å². The molecule has 1 N–H and O–H groups in total. The number of nitrogens with zero attached hydrogens (tertiary/aromatic N) is 4. The summed E-state index contributed by atoms with van der Waals surface area (Å²) >= 11 is 21.3. The summed E-state index contributed by atoms with van der Waals surface area (Å²) in [5, 5.41) is 3.65. The molecule has 0 aliphatic carbocycles. The van der Waals surface area contributed by atoms with Gasteiger partial charge in [-0.05, 0) is 67.4 Å². The van der Waals surface area contributed by atoms with Gasteiger partial charge in [0.1, 0.15) is 24.4 Å². The smallest absolute Gasteiger partial charge is 0.413 e. The molecule has 0 unspecified atom stereocenters. The van der Waals surface area contributed by atoms with Crippen molar-refractivity contribution in [1.29, 1.82) is 0 Å². The standard InChI is InChI=1S/C15H16Cl3N3O2.C10H13BrN2O2/c1-2-4-20(15(22)21-5-3-19-10-21)6-7-23-14-12(17)8-11(16)9-13(14)18;1-10(2,3)15-9(14)13-8-5-4-7(11)6-12-8/h3,5,8-10H,2,4,6-7H2,1H3;4-6H,1-3H3,(H,12,13,14). The van der Waals surface area contributed by atoms with E-state index in [1.165, 1.54) is 10.9 Å². The quantitative estimate of drug-likeness (QED) is 0.281. The van der Waals surface area contributed by atoms with Crippen LogP contribution in [0.2, 0.25) is 15.1 Å². The summed E-state index contributed by atoms with van der Waals surface area (Å²) in [7, 11) is 0. The molecular formula is C25H29BrCl3N5O4. The number of nitrogens with one attached hydrogen (secondary N) is 1. The van der Waals surface area contributed by atoms with E-state index in [0.29, 0.717) is 39.7 Å². The van der Waals surface area contributed by atoms with Crippen LogP contribution in [0.1, 0.15) is 34.1 Å². The van der Waals surface area contributed by atoms with Gasteiger partial charge in [0.05, 0.1) is 16.6 Å². The first-order chi connectivity index (χ1) is 17.9. The van der Waals surface area contributed by atoms with Gasteiger partial charge in [-0.15, -0.1) is 0 Å². The molecule has 2 amide bonds. The van der Waals surface area contributed by atoms with E-state index in [-0.39, 0.29) is 12.6 Å². The Labute approximate surface area is 245 Å². The highest BCUT2D eigenvalue weighted by atomic mass is 79.9. The van der Waals surface area contributed by atoms with Gasteiger partial charge in [-0.1, -0.05) is 41.7 Å². The van der Waals surface area contributed by atoms with Gasteiger partial charge in [0, 0.05) is 34.6 Å². The second-order valence-electron chi connectivity index (χ2n) is 8.78. The molecule has 3 rings (SSSR count). The van der Waals surface area contributed by atoms with E-state index in [2.05, 4.69) is 31.2 Å². The number of ether oxygens (including phenoxy) is 2. The van der Waals surface area contributed by atoms with Gasteiger partial charge >= 0.3 is 12.1 Å². The van der Waals surface area contributed by atoms with Gasteiger partial charge in [0.25, 0.3) is 0 Å². The second-order valence-corrected chi connectivity index (χ2v) is 10.9. The Morgan fingerprint density at radius 1 is 1.13 bits per heavy atom. The Morgan fingerprint density at radius 3 is 2.34 bits per heavy atom. The number of imidazole rings is 1. The van der Waals surface area contributed by atoms with Crippen LogP contribution in [-0.4, -0.2) is 56.9 Å². The fourth-order valence-electron chi connectivity index (χ4n) is 2.89. The number of amides is 2. The lowest BCUT2D eigenvalue weighted by atomic mass is 10.2. The van der Waals surface area contributed by atoms with Gasteiger partial charge in [-0.2, -0.15) is 0 Å². The van der Waals surface area contributed by atoms with Crippen molar-refractivity contribution in [3.63, 3.8) is 0 Å². The molecule has 0 saturated heterocycles. The third-order valence-electron chi connectivity index (χ3n) is 4.42. The van der Waals surface area contributed by atoms with Gasteiger partial charge in [0.15, 0.2) is 5.75 Å². The first-order valence-electron chi connectivity index (χ1n) is 11.6. The van der Waals surface area contributed by atoms with Crippen LogP contribution in [0.5, 0.6) is 5.75 Å². The monoisotopic (exact) mass is 647 g/mol. The lowest BCUT2D eigenvalue weighted by Crippen LogP contribution is -2.37. The average molecular weight is 650 g/mol. The minimum atomic E-state index is -0.502. The summed E-state index contributed by atoms with van der Waals surface area (Å²) in [5.41, 5.74) is -0.501. The molecule has 0 saturated carbocycles. The topological polar surface area (TPSA) is 98.6 Å². The fourth-order valence-corrected chi connectivity index (χ4v) is 4.05. The van der Waals surface area contributed by atoms with Crippen LogP contribution in [0.3, 0.4) is 0 Å². The summed E-state index contributed by atoms with van der Waals surface area (Å²) in [6.45, 7) is 8.71. The Morgan fingerprint density at radius 2 is 1.82 bits per heavy atom. The van der Waals surface area contributed by atoms with Crippen molar-refractivity contribution in [2.75, 3.05) is 25.0 Å². The van der Waals surface area contributed by atoms with Crippen LogP contribution in [0, 0.1) is 0 Å². The number of hydrogen-bond donors (Lipinski definition) is 1. The van der Waals surface area contributed by atoms with Gasteiger partial charge in [0.2, 0.25) is 0 Å². The van der Waals surface area contributed by atoms with Crippen molar-refractivity contribution in [2.45, 2.75) is 39.7 Å². The lowest BCUT2D eigenvalue weighted by Gasteiger charge is -2.22. The maximum atomic E-state index is 12.3. The largest absolute Gasteiger partial charge is 0.489 e. The molecule has 2 aromatic heterocycles. The van der Waals surface area contributed by atoms with Gasteiger partial charge in [-0.3, -0.25) is 9.88 Å². The minimum absolute atomic E-state index is 0.152. The molecule has 13 heteroatoms. The lowest BCUT2D eigenvalue weighted by molar-refractivity contribution is 0.0635. The molecule has 1 aromatic carbocycles. The average Bonchev–Trinajstić information content (AvgIpc) is 3.35. The number of hydrogen-bond acceptors (Lipinski definition) is 6. The molecule has 2 heterocycles. The third kappa shape index (κ3) is 11.1.